The first-order valence-electron chi connectivity index (χ1n) is 13.8. The van der Waals surface area contributed by atoms with Crippen molar-refractivity contribution >= 4 is 21.5 Å². The first-order chi connectivity index (χ1) is 19.7. The number of hydrogen-bond donors (Lipinski definition) is 0. The highest BCUT2D eigenvalue weighted by Gasteiger charge is 2.49. The van der Waals surface area contributed by atoms with Gasteiger partial charge in [0, 0.05) is 5.92 Å². The minimum Gasteiger partial charge on any atom is -0.466 e. The summed E-state index contributed by atoms with van der Waals surface area (Å²) in [5, 5.41) is 4.67. The lowest BCUT2D eigenvalue weighted by atomic mass is 9.53. The quantitative estimate of drug-likeness (QED) is 0.209. The Morgan fingerprint density at radius 2 is 1.18 bits per heavy atom. The van der Waals surface area contributed by atoms with Gasteiger partial charge in [-0.25, -0.2) is 0 Å². The molecule has 0 aliphatic heterocycles. The number of rotatable bonds is 6. The average Bonchev–Trinajstić information content (AvgIpc) is 3.00. The Morgan fingerprint density at radius 1 is 0.625 bits per heavy atom. The second-order valence-corrected chi connectivity index (χ2v) is 10.6. The standard InChI is InChI=1S/C38H30O2/c1-3-39-34-19-15-26-22-32(17-13-28(26)24-34)38(33-18-14-29-25-35(40-4-2)20-16-27(29)23-33)36-11-7-5-9-30(36)21-31-10-6-8-12-37(31)38/h3-20,22-25,30,36H,1-2,21H2. The molecule has 2 nitrogen and oxygen atoms in total. The smallest absolute Gasteiger partial charge is 0.127 e. The SMILES string of the molecule is C=COc1ccc2cc(C3(c4ccc5cc(OC=C)ccc5c4)c4ccccc4CC4C=CC=CC43)ccc2c1. The number of allylic oxidation sites excluding steroid dienone is 4. The highest BCUT2D eigenvalue weighted by atomic mass is 16.5. The topological polar surface area (TPSA) is 18.5 Å². The van der Waals surface area contributed by atoms with Crippen LogP contribution in [0.15, 0.2) is 147 Å². The van der Waals surface area contributed by atoms with Crippen molar-refractivity contribution in [2.24, 2.45) is 11.8 Å². The fraction of sp³-hybridized carbons (Fsp3) is 0.105. The van der Waals surface area contributed by atoms with Crippen LogP contribution in [-0.4, -0.2) is 0 Å². The van der Waals surface area contributed by atoms with Crippen LogP contribution in [0.2, 0.25) is 0 Å². The van der Waals surface area contributed by atoms with E-state index in [0.717, 1.165) is 28.7 Å². The lowest BCUT2D eigenvalue weighted by Crippen LogP contribution is -2.45. The normalized spacial score (nSPS) is 18.6. The Kier molecular flexibility index (Phi) is 5.90. The molecule has 0 aromatic heterocycles. The van der Waals surface area contributed by atoms with E-state index in [2.05, 4.69) is 122 Å². The van der Waals surface area contributed by atoms with Gasteiger partial charge in [0.15, 0.2) is 0 Å². The summed E-state index contributed by atoms with van der Waals surface area (Å²) in [4.78, 5) is 0. The maximum atomic E-state index is 5.56. The summed E-state index contributed by atoms with van der Waals surface area (Å²) in [6.07, 6.45) is 13.2. The summed E-state index contributed by atoms with van der Waals surface area (Å²) in [5.41, 5.74) is 5.02. The van der Waals surface area contributed by atoms with Crippen molar-refractivity contribution in [1.29, 1.82) is 0 Å². The predicted molar refractivity (Wildman–Crippen MR) is 165 cm³/mol. The Hall–Kier alpha value is -4.82. The van der Waals surface area contributed by atoms with Crippen molar-refractivity contribution in [1.82, 2.24) is 0 Å². The number of fused-ring (bicyclic) bond motifs is 4. The summed E-state index contributed by atoms with van der Waals surface area (Å²) < 4.78 is 11.1. The van der Waals surface area contributed by atoms with Crippen molar-refractivity contribution < 1.29 is 9.47 Å². The van der Waals surface area contributed by atoms with Crippen molar-refractivity contribution in [2.45, 2.75) is 11.8 Å². The molecule has 5 aromatic rings. The van der Waals surface area contributed by atoms with Crippen LogP contribution in [0.1, 0.15) is 22.3 Å². The molecule has 0 bridgehead atoms. The second-order valence-electron chi connectivity index (χ2n) is 10.6. The van der Waals surface area contributed by atoms with Crippen LogP contribution in [-0.2, 0) is 11.8 Å². The molecule has 2 atom stereocenters. The minimum atomic E-state index is -0.365. The van der Waals surface area contributed by atoms with Crippen LogP contribution in [0.3, 0.4) is 0 Å². The molecular weight excluding hydrogens is 488 g/mol. The lowest BCUT2D eigenvalue weighted by molar-refractivity contribution is 0.321. The van der Waals surface area contributed by atoms with Crippen molar-refractivity contribution in [3.05, 3.63) is 169 Å². The van der Waals surface area contributed by atoms with Crippen LogP contribution in [0, 0.1) is 11.8 Å². The number of ether oxygens (including phenoxy) is 2. The zero-order valence-electron chi connectivity index (χ0n) is 22.3. The van der Waals surface area contributed by atoms with Gasteiger partial charge in [-0.2, -0.15) is 0 Å². The zero-order chi connectivity index (χ0) is 27.1. The molecule has 0 fully saturated rings. The number of benzene rings is 5. The van der Waals surface area contributed by atoms with Gasteiger partial charge in [0.05, 0.1) is 17.9 Å². The van der Waals surface area contributed by atoms with Gasteiger partial charge < -0.3 is 9.47 Å². The van der Waals surface area contributed by atoms with Crippen LogP contribution < -0.4 is 9.47 Å². The van der Waals surface area contributed by atoms with E-state index in [1.54, 1.807) is 0 Å². The maximum absolute atomic E-state index is 5.56. The Labute approximate surface area is 235 Å². The molecule has 40 heavy (non-hydrogen) atoms. The summed E-state index contributed by atoms with van der Waals surface area (Å²) in [5.74, 6) is 2.26. The monoisotopic (exact) mass is 518 g/mol. The molecule has 2 aliphatic rings. The molecule has 0 N–H and O–H groups in total. The van der Waals surface area contributed by atoms with Crippen LogP contribution in [0.5, 0.6) is 11.5 Å². The molecule has 0 heterocycles. The Bertz CT molecular complexity index is 1750. The van der Waals surface area contributed by atoms with Crippen LogP contribution in [0.25, 0.3) is 21.5 Å². The molecule has 0 saturated heterocycles. The van der Waals surface area contributed by atoms with E-state index in [-0.39, 0.29) is 11.3 Å². The molecule has 2 unspecified atom stereocenters. The zero-order valence-corrected chi connectivity index (χ0v) is 22.3. The summed E-state index contributed by atoms with van der Waals surface area (Å²) in [6.45, 7) is 7.41. The molecule has 2 heteroatoms. The first kappa shape index (κ1) is 24.2. The first-order valence-corrected chi connectivity index (χ1v) is 13.8. The third-order valence-corrected chi connectivity index (χ3v) is 8.62. The number of hydrogen-bond acceptors (Lipinski definition) is 2. The third-order valence-electron chi connectivity index (χ3n) is 8.62. The summed E-state index contributed by atoms with van der Waals surface area (Å²) in [6, 6.07) is 35.4. The Morgan fingerprint density at radius 3 is 1.80 bits per heavy atom. The molecular formula is C38H30O2. The highest BCUT2D eigenvalue weighted by Crippen LogP contribution is 2.55. The molecule has 194 valence electrons. The van der Waals surface area contributed by atoms with Crippen molar-refractivity contribution in [3.63, 3.8) is 0 Å². The molecule has 2 aliphatic carbocycles. The second kappa shape index (κ2) is 9.73. The van der Waals surface area contributed by atoms with E-state index in [0.29, 0.717) is 5.92 Å². The van der Waals surface area contributed by atoms with Crippen LogP contribution >= 0.6 is 0 Å². The van der Waals surface area contributed by atoms with Crippen molar-refractivity contribution in [2.75, 3.05) is 0 Å². The summed E-state index contributed by atoms with van der Waals surface area (Å²) >= 11 is 0. The maximum Gasteiger partial charge on any atom is 0.127 e. The summed E-state index contributed by atoms with van der Waals surface area (Å²) in [7, 11) is 0. The largest absolute Gasteiger partial charge is 0.466 e. The van der Waals surface area contributed by atoms with Gasteiger partial charge in [-0.05, 0) is 92.5 Å². The molecule has 0 spiro atoms. The molecule has 7 rings (SSSR count). The van der Waals surface area contributed by atoms with Crippen molar-refractivity contribution in [3.8, 4) is 11.5 Å². The molecule has 5 aromatic carbocycles. The van der Waals surface area contributed by atoms with E-state index in [4.69, 9.17) is 9.47 Å². The van der Waals surface area contributed by atoms with E-state index in [1.165, 1.54) is 45.6 Å². The average molecular weight is 519 g/mol. The van der Waals surface area contributed by atoms with E-state index in [9.17, 15) is 0 Å². The van der Waals surface area contributed by atoms with E-state index < -0.39 is 0 Å². The Balaban J connectivity index is 1.52. The van der Waals surface area contributed by atoms with Crippen LogP contribution in [0.4, 0.5) is 0 Å². The van der Waals surface area contributed by atoms with E-state index >= 15 is 0 Å². The third kappa shape index (κ3) is 3.79. The molecule has 0 radical (unpaired) electrons. The fourth-order valence-electron chi connectivity index (χ4n) is 6.97. The van der Waals surface area contributed by atoms with Gasteiger partial charge in [0.25, 0.3) is 0 Å². The predicted octanol–water partition coefficient (Wildman–Crippen LogP) is 9.29. The molecule has 0 saturated carbocycles. The van der Waals surface area contributed by atoms with Gasteiger partial charge in [-0.1, -0.05) is 98.1 Å². The fourth-order valence-corrected chi connectivity index (χ4v) is 6.97. The lowest BCUT2D eigenvalue weighted by Gasteiger charge is -2.49. The van der Waals surface area contributed by atoms with Gasteiger partial charge in [-0.3, -0.25) is 0 Å². The van der Waals surface area contributed by atoms with Gasteiger partial charge in [0.2, 0.25) is 0 Å². The van der Waals surface area contributed by atoms with Gasteiger partial charge >= 0.3 is 0 Å². The van der Waals surface area contributed by atoms with Gasteiger partial charge in [-0.15, -0.1) is 0 Å². The molecule has 0 amide bonds. The highest BCUT2D eigenvalue weighted by molar-refractivity contribution is 5.87. The minimum absolute atomic E-state index is 0.272. The van der Waals surface area contributed by atoms with Gasteiger partial charge in [0.1, 0.15) is 11.5 Å². The van der Waals surface area contributed by atoms with E-state index in [1.807, 2.05) is 12.1 Å².